The van der Waals surface area contributed by atoms with Gasteiger partial charge < -0.3 is 0 Å². The molecule has 21 heavy (non-hydrogen) atoms. The molecule has 0 aliphatic heterocycles. The zero-order valence-corrected chi connectivity index (χ0v) is 12.4. The second-order valence-electron chi connectivity index (χ2n) is 4.10. The molecule has 0 bridgehead atoms. The van der Waals surface area contributed by atoms with Crippen molar-refractivity contribution in [3.63, 3.8) is 0 Å². The van der Waals surface area contributed by atoms with Crippen molar-refractivity contribution in [2.45, 2.75) is 6.92 Å². The van der Waals surface area contributed by atoms with E-state index in [1.165, 1.54) is 12.3 Å². The molecule has 0 aliphatic rings. The van der Waals surface area contributed by atoms with Crippen molar-refractivity contribution in [2.75, 3.05) is 0 Å². The average Bonchev–Trinajstić information content (AvgIpc) is 2.49. The lowest BCUT2D eigenvalue weighted by Gasteiger charge is -2.06. The number of carbonyl (C=O) groups excluding carboxylic acids is 1. The minimum atomic E-state index is -0.610. The van der Waals surface area contributed by atoms with E-state index in [1.807, 2.05) is 0 Å². The molecule has 0 aliphatic carbocycles. The highest BCUT2D eigenvalue weighted by atomic mass is 35.5. The summed E-state index contributed by atoms with van der Waals surface area (Å²) in [6.07, 6.45) is 1.50. The van der Waals surface area contributed by atoms with Gasteiger partial charge in [0.1, 0.15) is 11.5 Å². The van der Waals surface area contributed by atoms with Crippen LogP contribution >= 0.6 is 23.2 Å². The van der Waals surface area contributed by atoms with Gasteiger partial charge in [-0.1, -0.05) is 29.3 Å². The van der Waals surface area contributed by atoms with Gasteiger partial charge in [0.05, 0.1) is 15.8 Å². The molecule has 0 fully saturated rings. The maximum absolute atomic E-state index is 13.4. The SMILES string of the molecule is C/C(=N/NC(=O)c1ccccn1)c1cc(F)c(Cl)cc1Cl. The van der Waals surface area contributed by atoms with Crippen molar-refractivity contribution in [2.24, 2.45) is 5.10 Å². The van der Waals surface area contributed by atoms with E-state index in [0.29, 0.717) is 11.3 Å². The second-order valence-corrected chi connectivity index (χ2v) is 4.91. The van der Waals surface area contributed by atoms with Gasteiger partial charge in [0.25, 0.3) is 5.91 Å². The molecule has 0 radical (unpaired) electrons. The Morgan fingerprint density at radius 1 is 1.29 bits per heavy atom. The van der Waals surface area contributed by atoms with Crippen molar-refractivity contribution in [1.82, 2.24) is 10.4 Å². The molecule has 2 rings (SSSR count). The summed E-state index contributed by atoms with van der Waals surface area (Å²) in [6.45, 7) is 1.59. The van der Waals surface area contributed by atoms with E-state index in [-0.39, 0.29) is 15.7 Å². The van der Waals surface area contributed by atoms with Gasteiger partial charge >= 0.3 is 0 Å². The third-order valence-electron chi connectivity index (χ3n) is 2.62. The molecule has 108 valence electrons. The van der Waals surface area contributed by atoms with Crippen LogP contribution in [0.2, 0.25) is 10.0 Å². The highest BCUT2D eigenvalue weighted by molar-refractivity contribution is 6.37. The smallest absolute Gasteiger partial charge is 0.266 e. The van der Waals surface area contributed by atoms with Crippen molar-refractivity contribution < 1.29 is 9.18 Å². The molecule has 7 heteroatoms. The van der Waals surface area contributed by atoms with Crippen LogP contribution in [0.3, 0.4) is 0 Å². The van der Waals surface area contributed by atoms with E-state index in [0.717, 1.165) is 6.07 Å². The molecule has 0 saturated heterocycles. The Kier molecular flexibility index (Phi) is 4.88. The topological polar surface area (TPSA) is 54.4 Å². The fourth-order valence-corrected chi connectivity index (χ4v) is 2.07. The molecule has 4 nitrogen and oxygen atoms in total. The predicted molar refractivity (Wildman–Crippen MR) is 80.3 cm³/mol. The van der Waals surface area contributed by atoms with Gasteiger partial charge in [-0.2, -0.15) is 5.10 Å². The predicted octanol–water partition coefficient (Wildman–Crippen LogP) is 3.68. The summed E-state index contributed by atoms with van der Waals surface area (Å²) in [4.78, 5) is 15.7. The van der Waals surface area contributed by atoms with Gasteiger partial charge in [-0.05, 0) is 31.2 Å². The molecular weight excluding hydrogens is 316 g/mol. The zero-order chi connectivity index (χ0) is 15.4. The van der Waals surface area contributed by atoms with Gasteiger partial charge in [0.2, 0.25) is 0 Å². The van der Waals surface area contributed by atoms with Gasteiger partial charge in [0, 0.05) is 11.8 Å². The molecular formula is C14H10Cl2FN3O. The Morgan fingerprint density at radius 2 is 2.05 bits per heavy atom. The molecule has 0 atom stereocenters. The standard InChI is InChI=1S/C14H10Cl2FN3O/c1-8(9-6-12(17)11(16)7-10(9)15)19-20-14(21)13-4-2-3-5-18-13/h2-7H,1H3,(H,20,21)/b19-8-. The van der Waals surface area contributed by atoms with Crippen LogP contribution < -0.4 is 5.43 Å². The van der Waals surface area contributed by atoms with Crippen LogP contribution in [-0.4, -0.2) is 16.6 Å². The highest BCUT2D eigenvalue weighted by Crippen LogP contribution is 2.24. The summed E-state index contributed by atoms with van der Waals surface area (Å²) in [5.41, 5.74) is 3.25. The minimum Gasteiger partial charge on any atom is -0.266 e. The lowest BCUT2D eigenvalue weighted by atomic mass is 10.1. The zero-order valence-electron chi connectivity index (χ0n) is 10.9. The van der Waals surface area contributed by atoms with Gasteiger partial charge in [-0.15, -0.1) is 0 Å². The van der Waals surface area contributed by atoms with E-state index in [1.54, 1.807) is 25.1 Å². The Balaban J connectivity index is 2.19. The minimum absolute atomic E-state index is 0.0749. The maximum Gasteiger partial charge on any atom is 0.289 e. The van der Waals surface area contributed by atoms with Gasteiger partial charge in [0.15, 0.2) is 0 Å². The average molecular weight is 326 g/mol. The van der Waals surface area contributed by atoms with E-state index >= 15 is 0 Å². The number of amides is 1. The van der Waals surface area contributed by atoms with Crippen molar-refractivity contribution >= 4 is 34.8 Å². The molecule has 0 spiro atoms. The van der Waals surface area contributed by atoms with Crippen LogP contribution in [0.4, 0.5) is 4.39 Å². The number of carbonyl (C=O) groups is 1. The summed E-state index contributed by atoms with van der Waals surface area (Å²) in [6, 6.07) is 7.38. The van der Waals surface area contributed by atoms with Crippen LogP contribution in [0.15, 0.2) is 41.6 Å². The van der Waals surface area contributed by atoms with Gasteiger partial charge in [-0.25, -0.2) is 9.82 Å². The van der Waals surface area contributed by atoms with E-state index in [2.05, 4.69) is 15.5 Å². The molecule has 0 unspecified atom stereocenters. The Labute approximate surface area is 130 Å². The number of hydrazone groups is 1. The fraction of sp³-hybridized carbons (Fsp3) is 0.0714. The number of hydrogen-bond acceptors (Lipinski definition) is 3. The van der Waals surface area contributed by atoms with Crippen LogP contribution in [0, 0.1) is 5.82 Å². The number of hydrogen-bond donors (Lipinski definition) is 1. The number of nitrogens with zero attached hydrogens (tertiary/aromatic N) is 2. The lowest BCUT2D eigenvalue weighted by Crippen LogP contribution is -2.20. The summed E-state index contributed by atoms with van der Waals surface area (Å²) in [7, 11) is 0. The van der Waals surface area contributed by atoms with Crippen molar-refractivity contribution in [1.29, 1.82) is 0 Å². The first-order valence-electron chi connectivity index (χ1n) is 5.89. The Hall–Kier alpha value is -1.98. The molecule has 1 amide bonds. The highest BCUT2D eigenvalue weighted by Gasteiger charge is 2.11. The maximum atomic E-state index is 13.4. The van der Waals surface area contributed by atoms with Crippen LogP contribution in [0.1, 0.15) is 23.0 Å². The summed E-state index contributed by atoms with van der Waals surface area (Å²) in [5, 5.41) is 4.06. The van der Waals surface area contributed by atoms with E-state index < -0.39 is 11.7 Å². The van der Waals surface area contributed by atoms with Crippen LogP contribution in [0.25, 0.3) is 0 Å². The Morgan fingerprint density at radius 3 is 2.71 bits per heavy atom. The molecule has 1 aromatic carbocycles. The molecule has 1 aromatic heterocycles. The number of pyridine rings is 1. The largest absolute Gasteiger partial charge is 0.289 e. The number of benzene rings is 1. The fourth-order valence-electron chi connectivity index (χ4n) is 1.55. The van der Waals surface area contributed by atoms with E-state index in [4.69, 9.17) is 23.2 Å². The molecule has 0 saturated carbocycles. The summed E-state index contributed by atoms with van der Waals surface area (Å²) < 4.78 is 13.4. The van der Waals surface area contributed by atoms with Gasteiger partial charge in [-0.3, -0.25) is 9.78 Å². The second kappa shape index (κ2) is 6.65. The molecule has 1 heterocycles. The van der Waals surface area contributed by atoms with E-state index in [9.17, 15) is 9.18 Å². The number of rotatable bonds is 3. The first-order chi connectivity index (χ1) is 9.99. The van der Waals surface area contributed by atoms with Crippen molar-refractivity contribution in [3.05, 3.63) is 63.6 Å². The summed E-state index contributed by atoms with van der Waals surface area (Å²) >= 11 is 11.6. The number of halogens is 3. The van der Waals surface area contributed by atoms with Crippen molar-refractivity contribution in [3.8, 4) is 0 Å². The summed E-state index contributed by atoms with van der Waals surface area (Å²) in [5.74, 6) is -1.08. The Bertz CT molecular complexity index is 705. The quantitative estimate of drug-likeness (QED) is 0.531. The molecule has 1 N–H and O–H groups in total. The van der Waals surface area contributed by atoms with Crippen LogP contribution in [-0.2, 0) is 0 Å². The lowest BCUT2D eigenvalue weighted by molar-refractivity contribution is 0.0950. The molecule has 2 aromatic rings. The number of aromatic nitrogens is 1. The first-order valence-corrected chi connectivity index (χ1v) is 6.65. The third kappa shape index (κ3) is 3.77. The third-order valence-corrected chi connectivity index (χ3v) is 3.22. The normalized spacial score (nSPS) is 11.3. The first kappa shape index (κ1) is 15.4. The van der Waals surface area contributed by atoms with Crippen LogP contribution in [0.5, 0.6) is 0 Å². The monoisotopic (exact) mass is 325 g/mol. The number of nitrogens with one attached hydrogen (secondary N) is 1.